The Hall–Kier alpha value is -2.74. The third-order valence-corrected chi connectivity index (χ3v) is 6.07. The van der Waals surface area contributed by atoms with Crippen LogP contribution in [0.1, 0.15) is 23.7 Å². The second kappa shape index (κ2) is 9.27. The average molecular weight is 393 g/mol. The number of carbonyl (C=O) groups is 2. The standard InChI is InChI=1S/C19H20FNO5S/c1-26-19(23)12-11-18(22)21-13-17(14-5-3-2-4-6-14)27(24,25)16-9-7-15(20)8-10-16/h2-10,17H,11-13H2,1H3,(H,21,22). The van der Waals surface area contributed by atoms with E-state index in [1.807, 2.05) is 0 Å². The predicted octanol–water partition coefficient (Wildman–Crippen LogP) is 2.41. The van der Waals surface area contributed by atoms with Crippen molar-refractivity contribution in [2.24, 2.45) is 0 Å². The van der Waals surface area contributed by atoms with Gasteiger partial charge in [0.05, 0.1) is 18.4 Å². The summed E-state index contributed by atoms with van der Waals surface area (Å²) >= 11 is 0. The molecule has 0 spiro atoms. The number of rotatable bonds is 8. The van der Waals surface area contributed by atoms with Crippen molar-refractivity contribution < 1.29 is 27.1 Å². The van der Waals surface area contributed by atoms with E-state index in [-0.39, 0.29) is 24.3 Å². The first kappa shape index (κ1) is 20.6. The van der Waals surface area contributed by atoms with Crippen molar-refractivity contribution in [2.45, 2.75) is 23.0 Å². The molecular weight excluding hydrogens is 373 g/mol. The van der Waals surface area contributed by atoms with Gasteiger partial charge in [0.25, 0.3) is 0 Å². The average Bonchev–Trinajstić information content (AvgIpc) is 2.67. The van der Waals surface area contributed by atoms with Gasteiger partial charge in [-0.25, -0.2) is 12.8 Å². The van der Waals surface area contributed by atoms with Crippen LogP contribution in [0.4, 0.5) is 4.39 Å². The fraction of sp³-hybridized carbons (Fsp3) is 0.263. The highest BCUT2D eigenvalue weighted by molar-refractivity contribution is 7.91. The number of benzene rings is 2. The molecule has 0 aliphatic carbocycles. The summed E-state index contributed by atoms with van der Waals surface area (Å²) in [5.41, 5.74) is 0.495. The molecule has 6 nitrogen and oxygen atoms in total. The Balaban J connectivity index is 2.21. The lowest BCUT2D eigenvalue weighted by molar-refractivity contribution is -0.142. The van der Waals surface area contributed by atoms with Crippen LogP contribution in [0, 0.1) is 5.82 Å². The maximum atomic E-state index is 13.1. The maximum absolute atomic E-state index is 13.1. The number of amides is 1. The number of halogens is 1. The summed E-state index contributed by atoms with van der Waals surface area (Å²) in [6, 6.07) is 13.0. The molecule has 0 aromatic heterocycles. The van der Waals surface area contributed by atoms with Crippen molar-refractivity contribution >= 4 is 21.7 Å². The van der Waals surface area contributed by atoms with Gasteiger partial charge in [-0.05, 0) is 29.8 Å². The fourth-order valence-electron chi connectivity index (χ4n) is 2.48. The van der Waals surface area contributed by atoms with Gasteiger partial charge >= 0.3 is 5.97 Å². The molecule has 0 radical (unpaired) electrons. The first-order valence-corrected chi connectivity index (χ1v) is 9.77. The second-order valence-corrected chi connectivity index (χ2v) is 7.91. The maximum Gasteiger partial charge on any atom is 0.306 e. The Labute approximate surface area is 157 Å². The quantitative estimate of drug-likeness (QED) is 0.550. The van der Waals surface area contributed by atoms with Gasteiger partial charge < -0.3 is 10.1 Å². The predicted molar refractivity (Wildman–Crippen MR) is 97.0 cm³/mol. The molecule has 0 saturated carbocycles. The Kier molecular flexibility index (Phi) is 7.06. The molecule has 2 rings (SSSR count). The first-order chi connectivity index (χ1) is 12.8. The van der Waals surface area contributed by atoms with Crippen LogP contribution < -0.4 is 5.32 Å². The molecule has 2 aromatic rings. The van der Waals surface area contributed by atoms with Gasteiger partial charge in [0, 0.05) is 13.0 Å². The van der Waals surface area contributed by atoms with Crippen LogP contribution in [0.2, 0.25) is 0 Å². The van der Waals surface area contributed by atoms with Crippen molar-refractivity contribution in [3.05, 3.63) is 66.0 Å². The van der Waals surface area contributed by atoms with Gasteiger partial charge in [0.1, 0.15) is 11.1 Å². The Bertz CT molecular complexity index is 882. The summed E-state index contributed by atoms with van der Waals surface area (Å²) in [5.74, 6) is -1.53. The minimum Gasteiger partial charge on any atom is -0.469 e. The summed E-state index contributed by atoms with van der Waals surface area (Å²) in [4.78, 5) is 23.0. The lowest BCUT2D eigenvalue weighted by atomic mass is 10.1. The molecule has 8 heteroatoms. The number of hydrogen-bond donors (Lipinski definition) is 1. The topological polar surface area (TPSA) is 89.5 Å². The van der Waals surface area contributed by atoms with Crippen LogP contribution in [-0.2, 0) is 24.2 Å². The molecule has 2 aromatic carbocycles. The number of esters is 1. The van der Waals surface area contributed by atoms with Gasteiger partial charge in [-0.15, -0.1) is 0 Å². The van der Waals surface area contributed by atoms with E-state index < -0.39 is 32.8 Å². The van der Waals surface area contributed by atoms with E-state index in [0.717, 1.165) is 12.1 Å². The first-order valence-electron chi connectivity index (χ1n) is 8.22. The molecule has 27 heavy (non-hydrogen) atoms. The number of carbonyl (C=O) groups excluding carboxylic acids is 2. The minimum atomic E-state index is -3.88. The summed E-state index contributed by atoms with van der Waals surface area (Å²) < 4.78 is 43.7. The highest BCUT2D eigenvalue weighted by Crippen LogP contribution is 2.28. The highest BCUT2D eigenvalue weighted by atomic mass is 32.2. The smallest absolute Gasteiger partial charge is 0.306 e. The zero-order chi connectivity index (χ0) is 19.9. The fourth-order valence-corrected chi connectivity index (χ4v) is 4.14. The molecule has 144 valence electrons. The van der Waals surface area contributed by atoms with Crippen molar-refractivity contribution in [1.82, 2.24) is 5.32 Å². The molecule has 0 aliphatic heterocycles. The van der Waals surface area contributed by atoms with Crippen LogP contribution >= 0.6 is 0 Å². The van der Waals surface area contributed by atoms with Crippen LogP contribution in [0.3, 0.4) is 0 Å². The summed E-state index contributed by atoms with van der Waals surface area (Å²) in [6.07, 6.45) is -0.201. The SMILES string of the molecule is COC(=O)CCC(=O)NCC(c1ccccc1)S(=O)(=O)c1ccc(F)cc1. The van der Waals surface area contributed by atoms with Gasteiger partial charge in [0.15, 0.2) is 9.84 Å². The summed E-state index contributed by atoms with van der Waals surface area (Å²) in [5, 5.41) is 1.50. The third-order valence-electron chi connectivity index (χ3n) is 3.96. The van der Waals surface area contributed by atoms with Crippen molar-refractivity contribution in [1.29, 1.82) is 0 Å². The van der Waals surface area contributed by atoms with Gasteiger partial charge in [0.2, 0.25) is 5.91 Å². The van der Waals surface area contributed by atoms with E-state index in [9.17, 15) is 22.4 Å². The monoisotopic (exact) mass is 393 g/mol. The van der Waals surface area contributed by atoms with E-state index in [2.05, 4.69) is 10.1 Å². The van der Waals surface area contributed by atoms with E-state index in [1.165, 1.54) is 19.2 Å². The number of ether oxygens (including phenoxy) is 1. The Morgan fingerprint density at radius 3 is 2.26 bits per heavy atom. The number of hydrogen-bond acceptors (Lipinski definition) is 5. The zero-order valence-electron chi connectivity index (χ0n) is 14.7. The Morgan fingerprint density at radius 2 is 1.67 bits per heavy atom. The van der Waals surface area contributed by atoms with Crippen LogP contribution in [0.25, 0.3) is 0 Å². The van der Waals surface area contributed by atoms with Crippen molar-refractivity contribution in [3.63, 3.8) is 0 Å². The minimum absolute atomic E-state index is 0.0402. The van der Waals surface area contributed by atoms with E-state index >= 15 is 0 Å². The second-order valence-electron chi connectivity index (χ2n) is 5.78. The van der Waals surface area contributed by atoms with Gasteiger partial charge in [-0.2, -0.15) is 0 Å². The van der Waals surface area contributed by atoms with Crippen molar-refractivity contribution in [2.75, 3.05) is 13.7 Å². The van der Waals surface area contributed by atoms with Gasteiger partial charge in [-0.1, -0.05) is 30.3 Å². The molecular formula is C19H20FNO5S. The van der Waals surface area contributed by atoms with E-state index in [0.29, 0.717) is 5.56 Å². The van der Waals surface area contributed by atoms with Crippen LogP contribution in [-0.4, -0.2) is 33.9 Å². The molecule has 0 saturated heterocycles. The Morgan fingerprint density at radius 1 is 1.04 bits per heavy atom. The molecule has 1 amide bonds. The normalized spacial score (nSPS) is 12.2. The molecule has 0 aliphatic rings. The van der Waals surface area contributed by atoms with E-state index in [1.54, 1.807) is 30.3 Å². The van der Waals surface area contributed by atoms with E-state index in [4.69, 9.17) is 0 Å². The van der Waals surface area contributed by atoms with Crippen molar-refractivity contribution in [3.8, 4) is 0 Å². The van der Waals surface area contributed by atoms with Crippen LogP contribution in [0.15, 0.2) is 59.5 Å². The lowest BCUT2D eigenvalue weighted by Crippen LogP contribution is -2.32. The summed E-state index contributed by atoms with van der Waals surface area (Å²) in [6.45, 7) is -0.177. The number of methoxy groups -OCH3 is 1. The molecule has 0 heterocycles. The molecule has 1 unspecified atom stereocenters. The summed E-state index contributed by atoms with van der Waals surface area (Å²) in [7, 11) is -2.65. The van der Waals surface area contributed by atoms with Crippen LogP contribution in [0.5, 0.6) is 0 Å². The van der Waals surface area contributed by atoms with Gasteiger partial charge in [-0.3, -0.25) is 9.59 Å². The highest BCUT2D eigenvalue weighted by Gasteiger charge is 2.29. The molecule has 0 fully saturated rings. The number of nitrogens with one attached hydrogen (secondary N) is 1. The lowest BCUT2D eigenvalue weighted by Gasteiger charge is -2.19. The number of sulfone groups is 1. The molecule has 1 atom stereocenters. The third kappa shape index (κ3) is 5.62. The largest absolute Gasteiger partial charge is 0.469 e. The zero-order valence-corrected chi connectivity index (χ0v) is 15.5. The molecule has 0 bridgehead atoms. The molecule has 1 N–H and O–H groups in total.